The average molecular weight is 279 g/mol. The van der Waals surface area contributed by atoms with E-state index >= 15 is 0 Å². The minimum atomic E-state index is -0.308. The quantitative estimate of drug-likeness (QED) is 0.485. The first-order valence-corrected chi connectivity index (χ1v) is 7.84. The Labute approximate surface area is 123 Å². The van der Waals surface area contributed by atoms with Crippen molar-refractivity contribution >= 4 is 5.69 Å². The van der Waals surface area contributed by atoms with E-state index in [0.717, 1.165) is 37.2 Å². The van der Waals surface area contributed by atoms with Crippen molar-refractivity contribution in [1.29, 1.82) is 0 Å². The van der Waals surface area contributed by atoms with Crippen molar-refractivity contribution in [2.75, 3.05) is 0 Å². The molecule has 0 saturated heterocycles. The van der Waals surface area contributed by atoms with Crippen molar-refractivity contribution in [1.82, 2.24) is 0 Å². The van der Waals surface area contributed by atoms with Crippen LogP contribution in [0.3, 0.4) is 0 Å². The van der Waals surface area contributed by atoms with Crippen LogP contribution in [0.4, 0.5) is 5.69 Å². The fourth-order valence-corrected chi connectivity index (χ4v) is 2.08. The monoisotopic (exact) mass is 279 g/mol. The Morgan fingerprint density at radius 2 is 1.80 bits per heavy atom. The molecule has 0 heterocycles. The Hall–Kier alpha value is -1.38. The van der Waals surface area contributed by atoms with Crippen LogP contribution in [0, 0.1) is 16.0 Å². The maximum absolute atomic E-state index is 10.8. The van der Waals surface area contributed by atoms with Gasteiger partial charge in [0.1, 0.15) is 0 Å². The van der Waals surface area contributed by atoms with E-state index in [4.69, 9.17) is 0 Å². The van der Waals surface area contributed by atoms with E-state index in [1.807, 2.05) is 19.9 Å². The van der Waals surface area contributed by atoms with Crippen LogP contribution in [0.25, 0.3) is 0 Å². The highest BCUT2D eigenvalue weighted by molar-refractivity contribution is 5.40. The van der Waals surface area contributed by atoms with E-state index in [1.54, 1.807) is 12.1 Å². The first-order valence-electron chi connectivity index (χ1n) is 7.84. The van der Waals surface area contributed by atoms with Crippen molar-refractivity contribution in [3.63, 3.8) is 0 Å². The van der Waals surface area contributed by atoms with E-state index in [9.17, 15) is 10.1 Å². The summed E-state index contributed by atoms with van der Waals surface area (Å²) in [5.74, 6) is 0.717. The lowest BCUT2D eigenvalue weighted by atomic mass is 9.94. The van der Waals surface area contributed by atoms with E-state index in [1.165, 1.54) is 12.0 Å². The molecular formula is C17H29NO2. The molecule has 0 amide bonds. The van der Waals surface area contributed by atoms with Gasteiger partial charge in [-0.3, -0.25) is 10.1 Å². The first kappa shape index (κ1) is 18.6. The summed E-state index contributed by atoms with van der Waals surface area (Å²) < 4.78 is 0. The lowest BCUT2D eigenvalue weighted by Crippen LogP contribution is -2.00. The number of nitrogens with zero attached hydrogens (tertiary/aromatic N) is 1. The Morgan fingerprint density at radius 3 is 2.30 bits per heavy atom. The Bertz CT molecular complexity index is 402. The highest BCUT2D eigenvalue weighted by Crippen LogP contribution is 2.22. The van der Waals surface area contributed by atoms with Crippen LogP contribution in [-0.4, -0.2) is 4.92 Å². The van der Waals surface area contributed by atoms with Gasteiger partial charge in [-0.2, -0.15) is 0 Å². The van der Waals surface area contributed by atoms with E-state index in [2.05, 4.69) is 20.8 Å². The minimum absolute atomic E-state index is 0.214. The molecule has 0 radical (unpaired) electrons. The van der Waals surface area contributed by atoms with Crippen molar-refractivity contribution in [2.45, 2.75) is 66.7 Å². The van der Waals surface area contributed by atoms with Gasteiger partial charge in [0.15, 0.2) is 0 Å². The molecule has 0 aliphatic carbocycles. The molecule has 1 aromatic rings. The zero-order valence-corrected chi connectivity index (χ0v) is 13.6. The number of non-ortho nitro benzene ring substituents is 1. The first-order chi connectivity index (χ1) is 9.58. The SMILES string of the molecule is CC.CCCc1cc([N+](=O)[O-])ccc1CCC(C)CC. The van der Waals surface area contributed by atoms with Gasteiger partial charge in [-0.05, 0) is 36.3 Å². The number of rotatable bonds is 7. The van der Waals surface area contributed by atoms with Crippen LogP contribution < -0.4 is 0 Å². The topological polar surface area (TPSA) is 43.1 Å². The van der Waals surface area contributed by atoms with Gasteiger partial charge in [-0.15, -0.1) is 0 Å². The van der Waals surface area contributed by atoms with Gasteiger partial charge in [0.05, 0.1) is 4.92 Å². The zero-order valence-electron chi connectivity index (χ0n) is 13.6. The third kappa shape index (κ3) is 6.18. The summed E-state index contributed by atoms with van der Waals surface area (Å²) in [6.45, 7) is 10.6. The van der Waals surface area contributed by atoms with E-state index < -0.39 is 0 Å². The van der Waals surface area contributed by atoms with Gasteiger partial charge in [-0.25, -0.2) is 0 Å². The maximum Gasteiger partial charge on any atom is 0.269 e. The predicted molar refractivity (Wildman–Crippen MR) is 86.2 cm³/mol. The largest absolute Gasteiger partial charge is 0.269 e. The molecule has 0 aliphatic heterocycles. The van der Waals surface area contributed by atoms with E-state index in [-0.39, 0.29) is 10.6 Å². The number of hydrogen-bond donors (Lipinski definition) is 0. The van der Waals surface area contributed by atoms with Gasteiger partial charge >= 0.3 is 0 Å². The smallest absolute Gasteiger partial charge is 0.258 e. The van der Waals surface area contributed by atoms with Crippen LogP contribution >= 0.6 is 0 Å². The lowest BCUT2D eigenvalue weighted by molar-refractivity contribution is -0.384. The highest BCUT2D eigenvalue weighted by atomic mass is 16.6. The average Bonchev–Trinajstić information content (AvgIpc) is 2.47. The van der Waals surface area contributed by atoms with Crippen LogP contribution in [0.15, 0.2) is 18.2 Å². The molecule has 0 spiro atoms. The standard InChI is InChI=1S/C15H23NO2.C2H6/c1-4-6-14-11-15(16(17)18)10-9-13(14)8-7-12(3)5-2;1-2/h9-12H,4-8H2,1-3H3;1-2H3. The molecule has 0 bridgehead atoms. The van der Waals surface area contributed by atoms with Crippen LogP contribution in [0.1, 0.15) is 65.0 Å². The number of benzene rings is 1. The Morgan fingerprint density at radius 1 is 1.15 bits per heavy atom. The summed E-state index contributed by atoms with van der Waals surface area (Å²) >= 11 is 0. The fourth-order valence-electron chi connectivity index (χ4n) is 2.08. The molecule has 1 atom stereocenters. The molecule has 0 fully saturated rings. The van der Waals surface area contributed by atoms with Crippen LogP contribution in [0.5, 0.6) is 0 Å². The Kier molecular flexibility index (Phi) is 9.69. The second-order valence-electron chi connectivity index (χ2n) is 5.01. The van der Waals surface area contributed by atoms with Gasteiger partial charge in [0.25, 0.3) is 5.69 Å². The lowest BCUT2D eigenvalue weighted by Gasteiger charge is -2.11. The van der Waals surface area contributed by atoms with Crippen LogP contribution in [0.2, 0.25) is 0 Å². The molecule has 1 aromatic carbocycles. The molecular weight excluding hydrogens is 250 g/mol. The molecule has 114 valence electrons. The summed E-state index contributed by atoms with van der Waals surface area (Å²) in [6, 6.07) is 5.31. The van der Waals surface area contributed by atoms with Crippen LogP contribution in [-0.2, 0) is 12.8 Å². The fraction of sp³-hybridized carbons (Fsp3) is 0.647. The number of nitro benzene ring substituents is 1. The Balaban J connectivity index is 0.00000172. The normalized spacial score (nSPS) is 11.4. The molecule has 0 N–H and O–H groups in total. The van der Waals surface area contributed by atoms with Crippen molar-refractivity contribution in [3.05, 3.63) is 39.4 Å². The van der Waals surface area contributed by atoms with Crippen molar-refractivity contribution in [2.24, 2.45) is 5.92 Å². The van der Waals surface area contributed by atoms with Crippen molar-refractivity contribution in [3.8, 4) is 0 Å². The second-order valence-corrected chi connectivity index (χ2v) is 5.01. The molecule has 1 rings (SSSR count). The third-order valence-electron chi connectivity index (χ3n) is 3.52. The van der Waals surface area contributed by atoms with Gasteiger partial charge < -0.3 is 0 Å². The molecule has 0 aliphatic rings. The molecule has 0 saturated carbocycles. The third-order valence-corrected chi connectivity index (χ3v) is 3.52. The number of nitro groups is 1. The predicted octanol–water partition coefficient (Wildman–Crippen LogP) is 5.55. The molecule has 0 aromatic heterocycles. The number of hydrogen-bond acceptors (Lipinski definition) is 2. The zero-order chi connectivity index (χ0) is 15.5. The molecule has 3 heteroatoms. The molecule has 3 nitrogen and oxygen atoms in total. The maximum atomic E-state index is 10.8. The summed E-state index contributed by atoms with van der Waals surface area (Å²) in [7, 11) is 0. The molecule has 1 unspecified atom stereocenters. The second kappa shape index (κ2) is 10.4. The number of aryl methyl sites for hydroxylation is 2. The summed E-state index contributed by atoms with van der Waals surface area (Å²) in [5, 5.41) is 10.8. The highest BCUT2D eigenvalue weighted by Gasteiger charge is 2.11. The molecule has 20 heavy (non-hydrogen) atoms. The van der Waals surface area contributed by atoms with Gasteiger partial charge in [-0.1, -0.05) is 53.5 Å². The van der Waals surface area contributed by atoms with Crippen molar-refractivity contribution < 1.29 is 4.92 Å². The summed E-state index contributed by atoms with van der Waals surface area (Å²) in [6.07, 6.45) is 5.33. The van der Waals surface area contributed by atoms with Gasteiger partial charge in [0, 0.05) is 12.1 Å². The summed E-state index contributed by atoms with van der Waals surface area (Å²) in [5.41, 5.74) is 2.64. The van der Waals surface area contributed by atoms with E-state index in [0.29, 0.717) is 0 Å². The summed E-state index contributed by atoms with van der Waals surface area (Å²) in [4.78, 5) is 10.5. The minimum Gasteiger partial charge on any atom is -0.258 e. The van der Waals surface area contributed by atoms with Gasteiger partial charge in [0.2, 0.25) is 0 Å².